The van der Waals surface area contributed by atoms with E-state index in [-0.39, 0.29) is 5.91 Å². The molecule has 4 nitrogen and oxygen atoms in total. The SMILES string of the molecule is COCCCNC(=O)C(C)(C)c1c(C)[nH]c2ccccc12. The number of rotatable bonds is 6. The highest BCUT2D eigenvalue weighted by atomic mass is 16.5. The predicted molar refractivity (Wildman–Crippen MR) is 85.6 cm³/mol. The number of benzene rings is 1. The molecule has 0 spiro atoms. The average Bonchev–Trinajstić information content (AvgIpc) is 2.79. The highest BCUT2D eigenvalue weighted by molar-refractivity contribution is 5.95. The van der Waals surface area contributed by atoms with Gasteiger partial charge in [-0.05, 0) is 38.8 Å². The Hall–Kier alpha value is -1.81. The maximum absolute atomic E-state index is 12.6. The maximum Gasteiger partial charge on any atom is 0.230 e. The van der Waals surface area contributed by atoms with Crippen LogP contribution in [0.4, 0.5) is 0 Å². The Kier molecular flexibility index (Phi) is 4.68. The van der Waals surface area contributed by atoms with Crippen molar-refractivity contribution in [2.45, 2.75) is 32.6 Å². The first-order chi connectivity index (χ1) is 9.98. The Morgan fingerprint density at radius 1 is 1.33 bits per heavy atom. The Labute approximate surface area is 125 Å². The van der Waals surface area contributed by atoms with Crippen LogP contribution >= 0.6 is 0 Å². The predicted octanol–water partition coefficient (Wildman–Crippen LogP) is 2.91. The number of ether oxygens (including phenoxy) is 1. The number of aryl methyl sites for hydroxylation is 1. The van der Waals surface area contributed by atoms with Crippen molar-refractivity contribution in [1.29, 1.82) is 0 Å². The van der Waals surface area contributed by atoms with Crippen molar-refractivity contribution in [2.24, 2.45) is 0 Å². The molecule has 0 aliphatic carbocycles. The molecule has 0 saturated heterocycles. The molecule has 21 heavy (non-hydrogen) atoms. The summed E-state index contributed by atoms with van der Waals surface area (Å²) in [5.41, 5.74) is 2.62. The summed E-state index contributed by atoms with van der Waals surface area (Å²) in [6.45, 7) is 7.27. The summed E-state index contributed by atoms with van der Waals surface area (Å²) in [5, 5.41) is 4.12. The lowest BCUT2D eigenvalue weighted by molar-refractivity contribution is -0.125. The van der Waals surface area contributed by atoms with Crippen molar-refractivity contribution in [3.8, 4) is 0 Å². The fraction of sp³-hybridized carbons (Fsp3) is 0.471. The number of aromatic nitrogens is 1. The normalized spacial score (nSPS) is 11.8. The van der Waals surface area contributed by atoms with Gasteiger partial charge in [0.25, 0.3) is 0 Å². The van der Waals surface area contributed by atoms with E-state index in [1.54, 1.807) is 7.11 Å². The summed E-state index contributed by atoms with van der Waals surface area (Å²) >= 11 is 0. The lowest BCUT2D eigenvalue weighted by atomic mass is 9.81. The first-order valence-corrected chi connectivity index (χ1v) is 7.33. The third-order valence-electron chi connectivity index (χ3n) is 3.90. The van der Waals surface area contributed by atoms with Crippen molar-refractivity contribution in [2.75, 3.05) is 20.3 Å². The number of nitrogens with one attached hydrogen (secondary N) is 2. The number of hydrogen-bond acceptors (Lipinski definition) is 2. The summed E-state index contributed by atoms with van der Waals surface area (Å²) in [6, 6.07) is 8.11. The lowest BCUT2D eigenvalue weighted by Crippen LogP contribution is -2.41. The van der Waals surface area contributed by atoms with Gasteiger partial charge in [0.2, 0.25) is 5.91 Å². The second-order valence-corrected chi connectivity index (χ2v) is 5.90. The topological polar surface area (TPSA) is 54.1 Å². The molecule has 4 heteroatoms. The number of aromatic amines is 1. The van der Waals surface area contributed by atoms with Crippen LogP contribution in [-0.2, 0) is 14.9 Å². The van der Waals surface area contributed by atoms with Gasteiger partial charge in [0.15, 0.2) is 0 Å². The van der Waals surface area contributed by atoms with E-state index in [2.05, 4.69) is 16.4 Å². The zero-order valence-corrected chi connectivity index (χ0v) is 13.2. The van der Waals surface area contributed by atoms with E-state index in [4.69, 9.17) is 4.74 Å². The molecule has 1 aromatic carbocycles. The maximum atomic E-state index is 12.6. The molecule has 0 unspecified atom stereocenters. The van der Waals surface area contributed by atoms with Gasteiger partial charge in [-0.25, -0.2) is 0 Å². The molecular formula is C17H24N2O2. The first-order valence-electron chi connectivity index (χ1n) is 7.33. The minimum Gasteiger partial charge on any atom is -0.385 e. The number of hydrogen-bond donors (Lipinski definition) is 2. The molecule has 2 N–H and O–H groups in total. The summed E-state index contributed by atoms with van der Waals surface area (Å²) in [7, 11) is 1.67. The van der Waals surface area contributed by atoms with E-state index < -0.39 is 5.41 Å². The van der Waals surface area contributed by atoms with Crippen molar-refractivity contribution >= 4 is 16.8 Å². The quantitative estimate of drug-likeness (QED) is 0.803. The fourth-order valence-electron chi connectivity index (χ4n) is 2.83. The molecule has 0 aliphatic rings. The highest BCUT2D eigenvalue weighted by Gasteiger charge is 2.33. The molecule has 2 aromatic rings. The zero-order chi connectivity index (χ0) is 15.5. The monoisotopic (exact) mass is 288 g/mol. The smallest absolute Gasteiger partial charge is 0.230 e. The molecule has 0 fully saturated rings. The molecule has 1 amide bonds. The summed E-state index contributed by atoms with van der Waals surface area (Å²) in [4.78, 5) is 15.9. The number of carbonyl (C=O) groups is 1. The van der Waals surface area contributed by atoms with Crippen LogP contribution in [0.1, 0.15) is 31.5 Å². The van der Waals surface area contributed by atoms with Crippen LogP contribution in [0.15, 0.2) is 24.3 Å². The minimum absolute atomic E-state index is 0.0476. The van der Waals surface area contributed by atoms with E-state index in [9.17, 15) is 4.79 Å². The van der Waals surface area contributed by atoms with Crippen LogP contribution < -0.4 is 5.32 Å². The Morgan fingerprint density at radius 2 is 2.05 bits per heavy atom. The molecule has 0 aliphatic heterocycles. The Morgan fingerprint density at radius 3 is 2.76 bits per heavy atom. The Balaban J connectivity index is 2.24. The molecule has 2 rings (SSSR count). The van der Waals surface area contributed by atoms with Crippen LogP contribution in [0.5, 0.6) is 0 Å². The Bertz CT molecular complexity index is 629. The second kappa shape index (κ2) is 6.31. The molecule has 1 aromatic heterocycles. The highest BCUT2D eigenvalue weighted by Crippen LogP contribution is 2.33. The van der Waals surface area contributed by atoms with Crippen molar-refractivity contribution in [3.63, 3.8) is 0 Å². The van der Waals surface area contributed by atoms with Gasteiger partial charge in [0, 0.05) is 36.9 Å². The van der Waals surface area contributed by atoms with Gasteiger partial charge in [0.1, 0.15) is 0 Å². The van der Waals surface area contributed by atoms with Crippen LogP contribution in [0.3, 0.4) is 0 Å². The van der Waals surface area contributed by atoms with E-state index in [1.807, 2.05) is 39.0 Å². The fourth-order valence-corrected chi connectivity index (χ4v) is 2.83. The van der Waals surface area contributed by atoms with Gasteiger partial charge >= 0.3 is 0 Å². The lowest BCUT2D eigenvalue weighted by Gasteiger charge is -2.24. The standard InChI is InChI=1S/C17H24N2O2/c1-12-15(13-8-5-6-9-14(13)19-12)17(2,3)16(20)18-10-7-11-21-4/h5-6,8-9,19H,7,10-11H2,1-4H3,(H,18,20). The first kappa shape index (κ1) is 15.6. The average molecular weight is 288 g/mol. The van der Waals surface area contributed by atoms with Crippen LogP contribution in [0, 0.1) is 6.92 Å². The second-order valence-electron chi connectivity index (χ2n) is 5.90. The van der Waals surface area contributed by atoms with Gasteiger partial charge in [-0.15, -0.1) is 0 Å². The number of carbonyl (C=O) groups excluding carboxylic acids is 1. The minimum atomic E-state index is -0.573. The van der Waals surface area contributed by atoms with Crippen molar-refractivity contribution in [3.05, 3.63) is 35.5 Å². The number of fused-ring (bicyclic) bond motifs is 1. The third kappa shape index (κ3) is 3.10. The number of para-hydroxylation sites is 1. The van der Waals surface area contributed by atoms with Gasteiger partial charge in [0.05, 0.1) is 5.41 Å². The van der Waals surface area contributed by atoms with Crippen molar-refractivity contribution in [1.82, 2.24) is 10.3 Å². The summed E-state index contributed by atoms with van der Waals surface area (Å²) in [6.07, 6.45) is 0.825. The number of methoxy groups -OCH3 is 1. The molecule has 1 heterocycles. The van der Waals surface area contributed by atoms with Gasteiger partial charge in [-0.2, -0.15) is 0 Å². The molecule has 0 atom stereocenters. The van der Waals surface area contributed by atoms with E-state index in [1.165, 1.54) is 0 Å². The zero-order valence-electron chi connectivity index (χ0n) is 13.2. The van der Waals surface area contributed by atoms with Crippen LogP contribution in [-0.4, -0.2) is 31.2 Å². The van der Waals surface area contributed by atoms with Crippen LogP contribution in [0.25, 0.3) is 10.9 Å². The van der Waals surface area contributed by atoms with Crippen LogP contribution in [0.2, 0.25) is 0 Å². The molecule has 0 saturated carbocycles. The summed E-state index contributed by atoms with van der Waals surface area (Å²) in [5.74, 6) is 0.0476. The van der Waals surface area contributed by atoms with Gasteiger partial charge in [-0.3, -0.25) is 4.79 Å². The molecule has 114 valence electrons. The number of H-pyrrole nitrogens is 1. The largest absolute Gasteiger partial charge is 0.385 e. The van der Waals surface area contributed by atoms with Crippen molar-refractivity contribution < 1.29 is 9.53 Å². The molecular weight excluding hydrogens is 264 g/mol. The summed E-state index contributed by atoms with van der Waals surface area (Å²) < 4.78 is 5.00. The van der Waals surface area contributed by atoms with E-state index in [0.29, 0.717) is 13.2 Å². The van der Waals surface area contributed by atoms with E-state index >= 15 is 0 Å². The third-order valence-corrected chi connectivity index (χ3v) is 3.90. The van der Waals surface area contributed by atoms with E-state index in [0.717, 1.165) is 28.6 Å². The van der Waals surface area contributed by atoms with Gasteiger partial charge < -0.3 is 15.0 Å². The number of amides is 1. The molecule has 0 radical (unpaired) electrons. The van der Waals surface area contributed by atoms with Gasteiger partial charge in [-0.1, -0.05) is 18.2 Å². The molecule has 0 bridgehead atoms.